The molecule has 0 aliphatic heterocycles. The van der Waals surface area contributed by atoms with Crippen LogP contribution in [0, 0.1) is 17.7 Å². The predicted molar refractivity (Wildman–Crippen MR) is 77.1 cm³/mol. The molecule has 19 heavy (non-hydrogen) atoms. The van der Waals surface area contributed by atoms with E-state index in [0.29, 0.717) is 17.6 Å². The molecule has 2 nitrogen and oxygen atoms in total. The lowest BCUT2D eigenvalue weighted by Gasteiger charge is -2.26. The van der Waals surface area contributed by atoms with Gasteiger partial charge in [-0.1, -0.05) is 18.6 Å². The fourth-order valence-corrected chi connectivity index (χ4v) is 2.91. The topological polar surface area (TPSA) is 21.3 Å². The molecular formula is C16H22FNO. The molecule has 1 aliphatic carbocycles. The fraction of sp³-hybridized carbons (Fsp3) is 0.500. The van der Waals surface area contributed by atoms with E-state index in [-0.39, 0.29) is 5.82 Å². The van der Waals surface area contributed by atoms with Gasteiger partial charge in [0.2, 0.25) is 0 Å². The third-order valence-corrected chi connectivity index (χ3v) is 3.63. The van der Waals surface area contributed by atoms with Crippen LogP contribution in [-0.4, -0.2) is 13.7 Å². The number of anilines is 1. The summed E-state index contributed by atoms with van der Waals surface area (Å²) in [6.45, 7) is 5.35. The Morgan fingerprint density at radius 3 is 2.89 bits per heavy atom. The van der Waals surface area contributed by atoms with Crippen LogP contribution in [0.1, 0.15) is 26.7 Å². The Morgan fingerprint density at radius 1 is 1.42 bits per heavy atom. The Hall–Kier alpha value is -1.51. The first-order valence-electron chi connectivity index (χ1n) is 6.83. The largest absolute Gasteiger partial charge is 0.494 e. The molecule has 1 aromatic rings. The minimum atomic E-state index is -0.271. The monoisotopic (exact) mass is 263 g/mol. The van der Waals surface area contributed by atoms with E-state index in [4.69, 9.17) is 4.74 Å². The zero-order valence-corrected chi connectivity index (χ0v) is 11.9. The summed E-state index contributed by atoms with van der Waals surface area (Å²) in [5.41, 5.74) is 2.33. The van der Waals surface area contributed by atoms with Crippen molar-refractivity contribution in [3.05, 3.63) is 35.7 Å². The number of ether oxygens (including phenoxy) is 1. The highest BCUT2D eigenvalue weighted by molar-refractivity contribution is 5.56. The highest BCUT2D eigenvalue weighted by atomic mass is 19.1. The molecule has 2 unspecified atom stereocenters. The van der Waals surface area contributed by atoms with Crippen molar-refractivity contribution >= 4 is 5.69 Å². The van der Waals surface area contributed by atoms with Crippen molar-refractivity contribution in [2.75, 3.05) is 19.0 Å². The van der Waals surface area contributed by atoms with Crippen LogP contribution in [0.2, 0.25) is 0 Å². The van der Waals surface area contributed by atoms with Crippen molar-refractivity contribution in [2.24, 2.45) is 11.8 Å². The quantitative estimate of drug-likeness (QED) is 0.820. The summed E-state index contributed by atoms with van der Waals surface area (Å²) >= 11 is 0. The van der Waals surface area contributed by atoms with E-state index in [9.17, 15) is 4.39 Å². The van der Waals surface area contributed by atoms with Crippen LogP contribution < -0.4 is 10.1 Å². The van der Waals surface area contributed by atoms with E-state index >= 15 is 0 Å². The molecule has 0 spiro atoms. The van der Waals surface area contributed by atoms with E-state index in [1.54, 1.807) is 13.2 Å². The number of halogens is 1. The Bertz CT molecular complexity index is 470. The van der Waals surface area contributed by atoms with Gasteiger partial charge in [-0.05, 0) is 43.7 Å². The Morgan fingerprint density at radius 2 is 2.21 bits per heavy atom. The van der Waals surface area contributed by atoms with Gasteiger partial charge < -0.3 is 10.1 Å². The van der Waals surface area contributed by atoms with Crippen molar-refractivity contribution < 1.29 is 9.13 Å². The van der Waals surface area contributed by atoms with Gasteiger partial charge in [0.1, 0.15) is 11.6 Å². The standard InChI is InChI=1S/C16H22FNO/c1-11-6-12(2)8-13(7-11)10-18-15-5-4-14(17)9-16(15)19-3/h4-6,9,11,13,18H,7-8,10H2,1-3H3. The molecule has 1 aromatic carbocycles. The van der Waals surface area contributed by atoms with Crippen molar-refractivity contribution in [1.82, 2.24) is 0 Å². The van der Waals surface area contributed by atoms with Crippen molar-refractivity contribution in [3.63, 3.8) is 0 Å². The van der Waals surface area contributed by atoms with Gasteiger partial charge in [-0.3, -0.25) is 0 Å². The summed E-state index contributed by atoms with van der Waals surface area (Å²) in [7, 11) is 1.57. The molecule has 0 heterocycles. The molecule has 2 rings (SSSR count). The SMILES string of the molecule is COc1cc(F)ccc1NCC1CC(C)=CC(C)C1. The summed E-state index contributed by atoms with van der Waals surface area (Å²) < 4.78 is 18.3. The van der Waals surface area contributed by atoms with Crippen LogP contribution in [0.3, 0.4) is 0 Å². The summed E-state index contributed by atoms with van der Waals surface area (Å²) in [6.07, 6.45) is 4.70. The van der Waals surface area contributed by atoms with Crippen LogP contribution in [0.15, 0.2) is 29.8 Å². The summed E-state index contributed by atoms with van der Waals surface area (Å²) in [5, 5.41) is 3.38. The summed E-state index contributed by atoms with van der Waals surface area (Å²) in [6, 6.07) is 4.61. The van der Waals surface area contributed by atoms with Gasteiger partial charge in [0.05, 0.1) is 12.8 Å². The number of methoxy groups -OCH3 is 1. The van der Waals surface area contributed by atoms with E-state index in [1.165, 1.54) is 24.1 Å². The maximum absolute atomic E-state index is 13.1. The molecule has 0 saturated carbocycles. The first kappa shape index (κ1) is 13.9. The lowest BCUT2D eigenvalue weighted by Crippen LogP contribution is -2.20. The summed E-state index contributed by atoms with van der Waals surface area (Å²) in [5.74, 6) is 1.58. The lowest BCUT2D eigenvalue weighted by atomic mass is 9.84. The van der Waals surface area contributed by atoms with Crippen LogP contribution in [-0.2, 0) is 0 Å². The van der Waals surface area contributed by atoms with E-state index < -0.39 is 0 Å². The molecule has 0 saturated heterocycles. The van der Waals surface area contributed by atoms with E-state index in [0.717, 1.165) is 18.7 Å². The maximum Gasteiger partial charge on any atom is 0.144 e. The van der Waals surface area contributed by atoms with Gasteiger partial charge in [0, 0.05) is 12.6 Å². The molecule has 0 radical (unpaired) electrons. The van der Waals surface area contributed by atoms with E-state index in [2.05, 4.69) is 25.2 Å². The molecule has 2 atom stereocenters. The Labute approximate surface area is 114 Å². The highest BCUT2D eigenvalue weighted by Crippen LogP contribution is 2.30. The summed E-state index contributed by atoms with van der Waals surface area (Å²) in [4.78, 5) is 0. The molecule has 1 aliphatic rings. The number of hydrogen-bond donors (Lipinski definition) is 1. The number of allylic oxidation sites excluding steroid dienone is 2. The Balaban J connectivity index is 1.97. The van der Waals surface area contributed by atoms with Gasteiger partial charge in [0.15, 0.2) is 0 Å². The molecule has 104 valence electrons. The van der Waals surface area contributed by atoms with Crippen LogP contribution in [0.25, 0.3) is 0 Å². The molecule has 0 fully saturated rings. The van der Waals surface area contributed by atoms with E-state index in [1.807, 2.05) is 0 Å². The second-order valence-corrected chi connectivity index (χ2v) is 5.52. The second-order valence-electron chi connectivity index (χ2n) is 5.52. The van der Waals surface area contributed by atoms with Gasteiger partial charge >= 0.3 is 0 Å². The zero-order valence-electron chi connectivity index (χ0n) is 11.9. The number of rotatable bonds is 4. The minimum Gasteiger partial charge on any atom is -0.494 e. The first-order valence-corrected chi connectivity index (χ1v) is 6.83. The maximum atomic E-state index is 13.1. The average Bonchev–Trinajstić information content (AvgIpc) is 2.36. The normalized spacial score (nSPS) is 22.8. The Kier molecular flexibility index (Phi) is 4.46. The third kappa shape index (κ3) is 3.72. The van der Waals surface area contributed by atoms with Gasteiger partial charge in [-0.25, -0.2) is 4.39 Å². The first-order chi connectivity index (χ1) is 9.08. The van der Waals surface area contributed by atoms with Crippen molar-refractivity contribution in [1.29, 1.82) is 0 Å². The molecular weight excluding hydrogens is 241 g/mol. The second kappa shape index (κ2) is 6.09. The zero-order chi connectivity index (χ0) is 13.8. The molecule has 1 N–H and O–H groups in total. The molecule has 0 bridgehead atoms. The van der Waals surface area contributed by atoms with Crippen LogP contribution >= 0.6 is 0 Å². The van der Waals surface area contributed by atoms with Gasteiger partial charge in [0.25, 0.3) is 0 Å². The van der Waals surface area contributed by atoms with Crippen molar-refractivity contribution in [3.8, 4) is 5.75 Å². The van der Waals surface area contributed by atoms with Crippen LogP contribution in [0.4, 0.5) is 10.1 Å². The highest BCUT2D eigenvalue weighted by Gasteiger charge is 2.18. The lowest BCUT2D eigenvalue weighted by molar-refractivity contribution is 0.407. The predicted octanol–water partition coefficient (Wildman–Crippen LogP) is 4.24. The van der Waals surface area contributed by atoms with Gasteiger partial charge in [-0.2, -0.15) is 0 Å². The average molecular weight is 263 g/mol. The third-order valence-electron chi connectivity index (χ3n) is 3.63. The minimum absolute atomic E-state index is 0.271. The smallest absolute Gasteiger partial charge is 0.144 e. The van der Waals surface area contributed by atoms with Gasteiger partial charge in [-0.15, -0.1) is 0 Å². The fourth-order valence-electron chi connectivity index (χ4n) is 2.91. The number of hydrogen-bond acceptors (Lipinski definition) is 2. The molecule has 0 aromatic heterocycles. The number of nitrogens with one attached hydrogen (secondary N) is 1. The van der Waals surface area contributed by atoms with Crippen molar-refractivity contribution in [2.45, 2.75) is 26.7 Å². The van der Waals surface area contributed by atoms with Crippen LogP contribution in [0.5, 0.6) is 5.75 Å². The molecule has 0 amide bonds. The number of benzene rings is 1. The molecule has 3 heteroatoms.